The summed E-state index contributed by atoms with van der Waals surface area (Å²) in [6.45, 7) is -0.760. The molecule has 0 bridgehead atoms. The summed E-state index contributed by atoms with van der Waals surface area (Å²) in [5, 5.41) is 2.48. The Kier molecular flexibility index (Phi) is 4.56. The predicted octanol–water partition coefficient (Wildman–Crippen LogP) is 2.78. The molecule has 17 heavy (non-hydrogen) atoms. The molecule has 0 spiro atoms. The van der Waals surface area contributed by atoms with Crippen molar-refractivity contribution < 1.29 is 27.0 Å². The van der Waals surface area contributed by atoms with E-state index in [1.807, 2.05) is 0 Å². The summed E-state index contributed by atoms with van der Waals surface area (Å²) in [7, 11) is 1.41. The van der Waals surface area contributed by atoms with Gasteiger partial charge in [0.25, 0.3) is 0 Å². The summed E-state index contributed by atoms with van der Waals surface area (Å²) >= 11 is 0. The Morgan fingerprint density at radius 2 is 2.00 bits per heavy atom. The number of halogens is 4. The molecule has 0 aliphatic heterocycles. The molecular formula is C10H11F4NO2. The minimum Gasteiger partial charge on any atom is -0.497 e. The molecule has 1 rings (SSSR count). The molecular weight excluding hydrogens is 242 g/mol. The molecule has 0 radical (unpaired) electrons. The zero-order valence-electron chi connectivity index (χ0n) is 8.97. The monoisotopic (exact) mass is 253 g/mol. The van der Waals surface area contributed by atoms with E-state index in [4.69, 9.17) is 4.74 Å². The van der Waals surface area contributed by atoms with Crippen molar-refractivity contribution in [2.75, 3.05) is 25.6 Å². The molecule has 0 unspecified atom stereocenters. The zero-order chi connectivity index (χ0) is 12.9. The molecule has 1 aromatic carbocycles. The first kappa shape index (κ1) is 13.6. The van der Waals surface area contributed by atoms with Crippen LogP contribution in [0.25, 0.3) is 0 Å². The van der Waals surface area contributed by atoms with Crippen LogP contribution in [0.5, 0.6) is 5.75 Å². The van der Waals surface area contributed by atoms with Gasteiger partial charge in [-0.2, -0.15) is 0 Å². The fourth-order valence-electron chi connectivity index (χ4n) is 1.12. The van der Waals surface area contributed by atoms with Gasteiger partial charge in [0.05, 0.1) is 19.4 Å². The SMILES string of the molecule is COc1ccc(F)c(NCCOC(F)(F)F)c1. The van der Waals surface area contributed by atoms with Gasteiger partial charge in [0, 0.05) is 12.6 Å². The van der Waals surface area contributed by atoms with Crippen LogP contribution < -0.4 is 10.1 Å². The first-order valence-electron chi connectivity index (χ1n) is 4.70. The average Bonchev–Trinajstić information content (AvgIpc) is 2.25. The standard InChI is InChI=1S/C10H11F4NO2/c1-16-7-2-3-8(11)9(6-7)15-4-5-17-10(12,13)14/h2-3,6,15H,4-5H2,1H3. The van der Waals surface area contributed by atoms with E-state index in [0.717, 1.165) is 6.07 Å². The molecule has 3 nitrogen and oxygen atoms in total. The molecule has 96 valence electrons. The molecule has 0 atom stereocenters. The Bertz CT molecular complexity index is 368. The van der Waals surface area contributed by atoms with Crippen LogP contribution in [0.3, 0.4) is 0 Å². The average molecular weight is 253 g/mol. The third-order valence-corrected chi connectivity index (χ3v) is 1.86. The highest BCUT2D eigenvalue weighted by Gasteiger charge is 2.28. The number of anilines is 1. The lowest BCUT2D eigenvalue weighted by Crippen LogP contribution is -2.19. The van der Waals surface area contributed by atoms with E-state index in [-0.39, 0.29) is 12.2 Å². The molecule has 0 saturated heterocycles. The number of ether oxygens (including phenoxy) is 2. The van der Waals surface area contributed by atoms with Crippen molar-refractivity contribution in [3.8, 4) is 5.75 Å². The summed E-state index contributed by atoms with van der Waals surface area (Å²) in [6.07, 6.45) is -4.67. The second-order valence-electron chi connectivity index (χ2n) is 3.07. The van der Waals surface area contributed by atoms with Crippen LogP contribution in [-0.2, 0) is 4.74 Å². The number of hydrogen-bond donors (Lipinski definition) is 1. The molecule has 1 aromatic rings. The highest BCUT2D eigenvalue weighted by Crippen LogP contribution is 2.21. The van der Waals surface area contributed by atoms with Crippen LogP contribution in [0, 0.1) is 5.82 Å². The Balaban J connectivity index is 2.46. The van der Waals surface area contributed by atoms with Crippen LogP contribution in [0.15, 0.2) is 18.2 Å². The Hall–Kier alpha value is -1.50. The van der Waals surface area contributed by atoms with E-state index in [9.17, 15) is 17.6 Å². The van der Waals surface area contributed by atoms with E-state index in [1.54, 1.807) is 0 Å². The minimum absolute atomic E-state index is 0.0649. The third kappa shape index (κ3) is 4.90. The van der Waals surface area contributed by atoms with Gasteiger partial charge in [0.2, 0.25) is 0 Å². The predicted molar refractivity (Wildman–Crippen MR) is 53.4 cm³/mol. The lowest BCUT2D eigenvalue weighted by atomic mass is 10.3. The summed E-state index contributed by atoms with van der Waals surface area (Å²) in [5.74, 6) is -0.163. The van der Waals surface area contributed by atoms with Gasteiger partial charge in [0.15, 0.2) is 0 Å². The van der Waals surface area contributed by atoms with Gasteiger partial charge in [-0.1, -0.05) is 0 Å². The quantitative estimate of drug-likeness (QED) is 0.646. The normalized spacial score (nSPS) is 11.4. The Morgan fingerprint density at radius 1 is 1.29 bits per heavy atom. The maximum atomic E-state index is 13.2. The van der Waals surface area contributed by atoms with E-state index in [2.05, 4.69) is 10.1 Å². The van der Waals surface area contributed by atoms with Crippen molar-refractivity contribution in [1.29, 1.82) is 0 Å². The largest absolute Gasteiger partial charge is 0.522 e. The molecule has 0 amide bonds. The van der Waals surface area contributed by atoms with Gasteiger partial charge in [-0.15, -0.1) is 13.2 Å². The van der Waals surface area contributed by atoms with Crippen LogP contribution in [0.2, 0.25) is 0 Å². The van der Waals surface area contributed by atoms with Crippen molar-refractivity contribution in [2.24, 2.45) is 0 Å². The van der Waals surface area contributed by atoms with Gasteiger partial charge in [-0.3, -0.25) is 4.74 Å². The maximum absolute atomic E-state index is 13.2. The van der Waals surface area contributed by atoms with Gasteiger partial charge in [0.1, 0.15) is 11.6 Å². The minimum atomic E-state index is -4.67. The van der Waals surface area contributed by atoms with Crippen LogP contribution in [0.1, 0.15) is 0 Å². The highest BCUT2D eigenvalue weighted by atomic mass is 19.4. The zero-order valence-corrected chi connectivity index (χ0v) is 8.97. The van der Waals surface area contributed by atoms with Crippen molar-refractivity contribution in [1.82, 2.24) is 0 Å². The molecule has 0 aliphatic carbocycles. The second kappa shape index (κ2) is 5.72. The van der Waals surface area contributed by atoms with Crippen LogP contribution >= 0.6 is 0 Å². The lowest BCUT2D eigenvalue weighted by molar-refractivity contribution is -0.322. The molecule has 7 heteroatoms. The Labute approximate surface area is 95.3 Å². The summed E-state index contributed by atoms with van der Waals surface area (Å²) in [6, 6.07) is 3.92. The van der Waals surface area contributed by atoms with Crippen LogP contribution in [-0.4, -0.2) is 26.6 Å². The highest BCUT2D eigenvalue weighted by molar-refractivity contribution is 5.49. The van der Waals surface area contributed by atoms with Gasteiger partial charge in [-0.25, -0.2) is 4.39 Å². The fourth-order valence-corrected chi connectivity index (χ4v) is 1.12. The topological polar surface area (TPSA) is 30.5 Å². The fraction of sp³-hybridized carbons (Fsp3) is 0.400. The molecule has 0 fully saturated rings. The maximum Gasteiger partial charge on any atom is 0.522 e. The number of benzene rings is 1. The number of methoxy groups -OCH3 is 1. The first-order valence-corrected chi connectivity index (χ1v) is 4.70. The van der Waals surface area contributed by atoms with E-state index in [1.165, 1.54) is 19.2 Å². The van der Waals surface area contributed by atoms with Crippen molar-refractivity contribution in [2.45, 2.75) is 6.36 Å². The Morgan fingerprint density at radius 3 is 2.59 bits per heavy atom. The lowest BCUT2D eigenvalue weighted by Gasteiger charge is -2.10. The summed E-state index contributed by atoms with van der Waals surface area (Å²) < 4.78 is 56.5. The smallest absolute Gasteiger partial charge is 0.497 e. The van der Waals surface area contributed by atoms with Crippen molar-refractivity contribution in [3.05, 3.63) is 24.0 Å². The van der Waals surface area contributed by atoms with E-state index < -0.39 is 18.8 Å². The summed E-state index contributed by atoms with van der Waals surface area (Å²) in [4.78, 5) is 0. The second-order valence-corrected chi connectivity index (χ2v) is 3.07. The van der Waals surface area contributed by atoms with Crippen molar-refractivity contribution in [3.63, 3.8) is 0 Å². The third-order valence-electron chi connectivity index (χ3n) is 1.86. The molecule has 1 N–H and O–H groups in total. The van der Waals surface area contributed by atoms with Gasteiger partial charge in [-0.05, 0) is 12.1 Å². The number of hydrogen-bond acceptors (Lipinski definition) is 3. The first-order chi connectivity index (χ1) is 7.92. The summed E-state index contributed by atoms with van der Waals surface area (Å²) in [5.41, 5.74) is 0.0649. The molecule has 0 heterocycles. The molecule has 0 aliphatic rings. The number of alkyl halides is 3. The van der Waals surface area contributed by atoms with E-state index in [0.29, 0.717) is 5.75 Å². The van der Waals surface area contributed by atoms with E-state index >= 15 is 0 Å². The number of rotatable bonds is 5. The van der Waals surface area contributed by atoms with Crippen LogP contribution in [0.4, 0.5) is 23.2 Å². The van der Waals surface area contributed by atoms with Crippen molar-refractivity contribution >= 4 is 5.69 Å². The van der Waals surface area contributed by atoms with Gasteiger partial charge >= 0.3 is 6.36 Å². The molecule has 0 saturated carbocycles. The van der Waals surface area contributed by atoms with Gasteiger partial charge < -0.3 is 10.1 Å². The molecule has 0 aromatic heterocycles. The number of nitrogens with one attached hydrogen (secondary N) is 1.